The molecule has 0 saturated heterocycles. The molecular formula is C16H28N4O3. The monoisotopic (exact) mass is 324 g/mol. The molecule has 7 nitrogen and oxygen atoms in total. The number of nitrogens with one attached hydrogen (secondary N) is 2. The molecule has 1 fully saturated rings. The highest BCUT2D eigenvalue weighted by Crippen LogP contribution is 2.24. The average Bonchev–Trinajstić information content (AvgIpc) is 2.63. The van der Waals surface area contributed by atoms with E-state index in [1.165, 1.54) is 0 Å². The fraction of sp³-hybridized carbons (Fsp3) is 0.750. The van der Waals surface area contributed by atoms with E-state index in [1.54, 1.807) is 11.8 Å². The third-order valence-electron chi connectivity index (χ3n) is 3.91. The highest BCUT2D eigenvalue weighted by atomic mass is 16.6. The number of carbonyl (C=O) groups is 1. The van der Waals surface area contributed by atoms with Crippen LogP contribution in [0.2, 0.25) is 0 Å². The maximum absolute atomic E-state index is 11.7. The first kappa shape index (κ1) is 17.6. The van der Waals surface area contributed by atoms with E-state index in [4.69, 9.17) is 9.47 Å². The van der Waals surface area contributed by atoms with Gasteiger partial charge in [0.05, 0.1) is 18.4 Å². The molecule has 23 heavy (non-hydrogen) atoms. The van der Waals surface area contributed by atoms with Gasteiger partial charge in [-0.2, -0.15) is 5.10 Å². The molecule has 1 aromatic rings. The van der Waals surface area contributed by atoms with Gasteiger partial charge in [-0.15, -0.1) is 0 Å². The molecule has 1 amide bonds. The summed E-state index contributed by atoms with van der Waals surface area (Å²) >= 11 is 0. The number of hydrogen-bond acceptors (Lipinski definition) is 5. The molecule has 1 aliphatic rings. The van der Waals surface area contributed by atoms with Crippen LogP contribution in [0.3, 0.4) is 0 Å². The second-order valence-electron chi connectivity index (χ2n) is 7.09. The number of alkyl carbamates (subject to hydrolysis) is 1. The van der Waals surface area contributed by atoms with Crippen LogP contribution in [-0.2, 0) is 18.3 Å². The fourth-order valence-corrected chi connectivity index (χ4v) is 2.76. The van der Waals surface area contributed by atoms with Gasteiger partial charge in [0.15, 0.2) is 0 Å². The van der Waals surface area contributed by atoms with Crippen molar-refractivity contribution in [1.82, 2.24) is 20.4 Å². The lowest BCUT2D eigenvalue weighted by molar-refractivity contribution is 0.0465. The molecule has 1 aromatic heterocycles. The summed E-state index contributed by atoms with van der Waals surface area (Å²) in [6.07, 6.45) is 1.47. The van der Waals surface area contributed by atoms with Gasteiger partial charge in [0, 0.05) is 25.7 Å². The van der Waals surface area contributed by atoms with Crippen molar-refractivity contribution in [2.24, 2.45) is 7.05 Å². The molecule has 0 aliphatic heterocycles. The number of nitrogens with zero attached hydrogens (tertiary/aromatic N) is 2. The molecule has 0 bridgehead atoms. The topological polar surface area (TPSA) is 77.4 Å². The van der Waals surface area contributed by atoms with Crippen molar-refractivity contribution in [1.29, 1.82) is 0 Å². The molecule has 7 heteroatoms. The first-order valence-electron chi connectivity index (χ1n) is 7.99. The van der Waals surface area contributed by atoms with Crippen molar-refractivity contribution >= 4 is 6.09 Å². The number of methoxy groups -OCH3 is 1. The number of hydrogen-bond donors (Lipinski definition) is 2. The Balaban J connectivity index is 1.74. The summed E-state index contributed by atoms with van der Waals surface area (Å²) in [5, 5.41) is 10.8. The van der Waals surface area contributed by atoms with Crippen LogP contribution in [0, 0.1) is 6.92 Å². The van der Waals surface area contributed by atoms with E-state index in [2.05, 4.69) is 15.7 Å². The Hall–Kier alpha value is -1.76. The van der Waals surface area contributed by atoms with Crippen LogP contribution in [0.25, 0.3) is 0 Å². The summed E-state index contributed by atoms with van der Waals surface area (Å²) in [4.78, 5) is 11.7. The van der Waals surface area contributed by atoms with Crippen molar-refractivity contribution in [3.05, 3.63) is 11.3 Å². The van der Waals surface area contributed by atoms with Gasteiger partial charge in [-0.3, -0.25) is 0 Å². The van der Waals surface area contributed by atoms with Gasteiger partial charge in [-0.25, -0.2) is 9.48 Å². The Morgan fingerprint density at radius 3 is 2.57 bits per heavy atom. The summed E-state index contributed by atoms with van der Waals surface area (Å²) in [6.45, 7) is 8.28. The van der Waals surface area contributed by atoms with Gasteiger partial charge in [0.25, 0.3) is 0 Å². The van der Waals surface area contributed by atoms with Gasteiger partial charge in [0.2, 0.25) is 5.88 Å². The van der Waals surface area contributed by atoms with Crippen molar-refractivity contribution in [2.45, 2.75) is 64.8 Å². The third kappa shape index (κ3) is 4.60. The third-order valence-corrected chi connectivity index (χ3v) is 3.91. The van der Waals surface area contributed by atoms with Gasteiger partial charge >= 0.3 is 6.09 Å². The Kier molecular flexibility index (Phi) is 5.19. The lowest BCUT2D eigenvalue weighted by Gasteiger charge is -2.36. The Bertz CT molecular complexity index is 556. The predicted molar refractivity (Wildman–Crippen MR) is 87.5 cm³/mol. The molecule has 2 N–H and O–H groups in total. The molecule has 0 aromatic carbocycles. The lowest BCUT2D eigenvalue weighted by atomic mass is 9.86. The largest absolute Gasteiger partial charge is 0.481 e. The minimum absolute atomic E-state index is 0.180. The zero-order valence-corrected chi connectivity index (χ0v) is 14.9. The van der Waals surface area contributed by atoms with E-state index >= 15 is 0 Å². The molecule has 1 saturated carbocycles. The van der Waals surface area contributed by atoms with Gasteiger partial charge in [-0.05, 0) is 40.5 Å². The van der Waals surface area contributed by atoms with E-state index in [9.17, 15) is 4.79 Å². The smallest absolute Gasteiger partial charge is 0.407 e. The van der Waals surface area contributed by atoms with Crippen LogP contribution in [0.4, 0.5) is 4.79 Å². The molecule has 0 spiro atoms. The zero-order valence-electron chi connectivity index (χ0n) is 14.9. The van der Waals surface area contributed by atoms with E-state index in [1.807, 2.05) is 34.7 Å². The van der Waals surface area contributed by atoms with Crippen LogP contribution >= 0.6 is 0 Å². The van der Waals surface area contributed by atoms with Crippen molar-refractivity contribution in [3.63, 3.8) is 0 Å². The molecule has 0 unspecified atom stereocenters. The quantitative estimate of drug-likeness (QED) is 0.865. The maximum atomic E-state index is 11.7. The molecule has 1 aliphatic carbocycles. The standard InChI is InChI=1S/C16H28N4O3/c1-10-13(14(22-6)20(5)19-10)9-17-11-7-12(8-11)18-15(21)23-16(2,3)4/h11-12,17H,7-9H2,1-6H3,(H,18,21). The lowest BCUT2D eigenvalue weighted by Crippen LogP contribution is -2.53. The maximum Gasteiger partial charge on any atom is 0.407 e. The number of rotatable bonds is 5. The van der Waals surface area contributed by atoms with Crippen molar-refractivity contribution < 1.29 is 14.3 Å². The van der Waals surface area contributed by atoms with E-state index in [-0.39, 0.29) is 12.1 Å². The van der Waals surface area contributed by atoms with Crippen LogP contribution in [0.15, 0.2) is 0 Å². The molecule has 0 atom stereocenters. The van der Waals surface area contributed by atoms with Crippen LogP contribution in [0.1, 0.15) is 44.9 Å². The number of ether oxygens (including phenoxy) is 2. The second-order valence-corrected chi connectivity index (χ2v) is 7.09. The zero-order chi connectivity index (χ0) is 17.2. The predicted octanol–water partition coefficient (Wildman–Crippen LogP) is 1.88. The summed E-state index contributed by atoms with van der Waals surface area (Å²) in [6, 6.07) is 0.568. The van der Waals surface area contributed by atoms with Crippen molar-refractivity contribution in [3.8, 4) is 5.88 Å². The fourth-order valence-electron chi connectivity index (χ4n) is 2.76. The first-order chi connectivity index (χ1) is 10.7. The number of carbonyl (C=O) groups excluding carboxylic acids is 1. The molecular weight excluding hydrogens is 296 g/mol. The van der Waals surface area contributed by atoms with Gasteiger partial charge in [-0.1, -0.05) is 0 Å². The number of aromatic nitrogens is 2. The minimum atomic E-state index is -0.458. The Labute approximate surface area is 137 Å². The van der Waals surface area contributed by atoms with E-state index in [0.29, 0.717) is 12.6 Å². The minimum Gasteiger partial charge on any atom is -0.481 e. The summed E-state index contributed by atoms with van der Waals surface area (Å²) in [5.74, 6) is 0.790. The SMILES string of the molecule is COc1c(CNC2CC(NC(=O)OC(C)(C)C)C2)c(C)nn1C. The first-order valence-corrected chi connectivity index (χ1v) is 7.99. The molecule has 2 rings (SSSR count). The van der Waals surface area contributed by atoms with E-state index < -0.39 is 5.60 Å². The van der Waals surface area contributed by atoms with Crippen LogP contribution in [0.5, 0.6) is 5.88 Å². The highest BCUT2D eigenvalue weighted by molar-refractivity contribution is 5.68. The molecule has 130 valence electrons. The number of aryl methyl sites for hydroxylation is 2. The van der Waals surface area contributed by atoms with Gasteiger partial charge in [0.1, 0.15) is 5.60 Å². The Morgan fingerprint density at radius 1 is 1.35 bits per heavy atom. The molecule has 1 heterocycles. The van der Waals surface area contributed by atoms with Crippen LogP contribution in [-0.4, -0.2) is 40.7 Å². The molecule has 0 radical (unpaired) electrons. The normalized spacial score (nSPS) is 20.8. The summed E-state index contributed by atoms with van der Waals surface area (Å²) in [7, 11) is 3.53. The summed E-state index contributed by atoms with van der Waals surface area (Å²) in [5.41, 5.74) is 1.60. The van der Waals surface area contributed by atoms with Crippen molar-refractivity contribution in [2.75, 3.05) is 7.11 Å². The van der Waals surface area contributed by atoms with E-state index in [0.717, 1.165) is 30.0 Å². The Morgan fingerprint density at radius 2 is 2.00 bits per heavy atom. The summed E-state index contributed by atoms with van der Waals surface area (Å²) < 4.78 is 12.4. The highest BCUT2D eigenvalue weighted by Gasteiger charge is 2.31. The average molecular weight is 324 g/mol. The number of amides is 1. The van der Waals surface area contributed by atoms with Gasteiger partial charge < -0.3 is 20.1 Å². The van der Waals surface area contributed by atoms with Crippen LogP contribution < -0.4 is 15.4 Å². The second kappa shape index (κ2) is 6.78.